The number of sulfonamides is 1. The third kappa shape index (κ3) is 4.28. The van der Waals surface area contributed by atoms with Gasteiger partial charge in [0.1, 0.15) is 0 Å². The van der Waals surface area contributed by atoms with Crippen molar-refractivity contribution in [3.05, 3.63) is 33.8 Å². The molecule has 112 valence electrons. The number of halogens is 1. The molecule has 20 heavy (non-hydrogen) atoms. The first-order valence-corrected chi connectivity index (χ1v) is 9.35. The summed E-state index contributed by atoms with van der Waals surface area (Å²) < 4.78 is 26.4. The molecular formula is C14H21BrN2O2S. The van der Waals surface area contributed by atoms with Gasteiger partial charge in [0.05, 0.1) is 6.26 Å². The number of nitrogens with one attached hydrogen (secondary N) is 2. The monoisotopic (exact) mass is 360 g/mol. The van der Waals surface area contributed by atoms with Gasteiger partial charge in [0.25, 0.3) is 0 Å². The predicted octanol–water partition coefficient (Wildman–Crippen LogP) is 2.35. The Kier molecular flexibility index (Phi) is 4.59. The highest BCUT2D eigenvalue weighted by Crippen LogP contribution is 2.33. The minimum atomic E-state index is -3.19. The minimum Gasteiger partial charge on any atom is -0.308 e. The van der Waals surface area contributed by atoms with Crippen LogP contribution in [-0.4, -0.2) is 26.8 Å². The van der Waals surface area contributed by atoms with Crippen LogP contribution >= 0.6 is 15.9 Å². The van der Waals surface area contributed by atoms with Crippen molar-refractivity contribution in [3.63, 3.8) is 0 Å². The van der Waals surface area contributed by atoms with E-state index >= 15 is 0 Å². The average molecular weight is 361 g/mol. The van der Waals surface area contributed by atoms with E-state index in [0.717, 1.165) is 17.3 Å². The van der Waals surface area contributed by atoms with Crippen LogP contribution in [0.3, 0.4) is 0 Å². The molecule has 1 unspecified atom stereocenters. The average Bonchev–Trinajstić information content (AvgIpc) is 2.65. The molecule has 0 amide bonds. The fourth-order valence-corrected chi connectivity index (χ4v) is 4.20. The molecule has 0 aromatic heterocycles. The largest absolute Gasteiger partial charge is 0.308 e. The Labute approximate surface area is 129 Å². The summed E-state index contributed by atoms with van der Waals surface area (Å²) in [5, 5.41) is 3.48. The summed E-state index contributed by atoms with van der Waals surface area (Å²) in [6, 6.07) is 6.66. The maximum atomic E-state index is 11.3. The van der Waals surface area contributed by atoms with E-state index in [2.05, 4.69) is 44.2 Å². The summed E-state index contributed by atoms with van der Waals surface area (Å²) >= 11 is 3.49. The highest BCUT2D eigenvalue weighted by Gasteiger charge is 2.26. The van der Waals surface area contributed by atoms with Gasteiger partial charge in [0.15, 0.2) is 0 Å². The van der Waals surface area contributed by atoms with E-state index in [1.807, 2.05) is 13.8 Å². The highest BCUT2D eigenvalue weighted by atomic mass is 79.9. The zero-order chi connectivity index (χ0) is 15.0. The van der Waals surface area contributed by atoms with E-state index < -0.39 is 15.6 Å². The molecule has 0 heterocycles. The van der Waals surface area contributed by atoms with Gasteiger partial charge < -0.3 is 5.32 Å². The number of hydrogen-bond donors (Lipinski definition) is 2. The van der Waals surface area contributed by atoms with Crippen molar-refractivity contribution >= 4 is 26.0 Å². The van der Waals surface area contributed by atoms with Crippen LogP contribution < -0.4 is 10.0 Å². The van der Waals surface area contributed by atoms with Gasteiger partial charge in [-0.3, -0.25) is 0 Å². The Morgan fingerprint density at radius 1 is 1.40 bits per heavy atom. The molecule has 1 aromatic carbocycles. The Bertz CT molecular complexity index is 599. The third-order valence-electron chi connectivity index (χ3n) is 3.43. The summed E-state index contributed by atoms with van der Waals surface area (Å²) in [6.45, 7) is 4.37. The van der Waals surface area contributed by atoms with E-state index in [4.69, 9.17) is 0 Å². The van der Waals surface area contributed by atoms with Crippen LogP contribution in [0.5, 0.6) is 0 Å². The van der Waals surface area contributed by atoms with Gasteiger partial charge in [0.2, 0.25) is 10.0 Å². The topological polar surface area (TPSA) is 58.2 Å². The van der Waals surface area contributed by atoms with Crippen LogP contribution in [-0.2, 0) is 16.4 Å². The normalized spacial score (nSPS) is 19.1. The molecular weight excluding hydrogens is 340 g/mol. The highest BCUT2D eigenvalue weighted by molar-refractivity contribution is 9.10. The van der Waals surface area contributed by atoms with Crippen molar-refractivity contribution in [3.8, 4) is 0 Å². The van der Waals surface area contributed by atoms with Gasteiger partial charge in [-0.25, -0.2) is 13.1 Å². The summed E-state index contributed by atoms with van der Waals surface area (Å²) in [7, 11) is -3.19. The van der Waals surface area contributed by atoms with Crippen LogP contribution in [0, 0.1) is 0 Å². The van der Waals surface area contributed by atoms with Crippen LogP contribution in [0.15, 0.2) is 22.7 Å². The molecule has 0 spiro atoms. The first-order valence-electron chi connectivity index (χ1n) is 6.67. The Hall–Kier alpha value is -0.430. The van der Waals surface area contributed by atoms with E-state index in [0.29, 0.717) is 12.6 Å². The van der Waals surface area contributed by atoms with Crippen LogP contribution in [0.4, 0.5) is 0 Å². The second-order valence-corrected chi connectivity index (χ2v) is 8.74. The molecule has 0 fully saturated rings. The summed E-state index contributed by atoms with van der Waals surface area (Å²) in [5.74, 6) is 0. The number of fused-ring (bicyclic) bond motifs is 1. The van der Waals surface area contributed by atoms with E-state index in [1.165, 1.54) is 17.4 Å². The number of hydrogen-bond acceptors (Lipinski definition) is 3. The van der Waals surface area contributed by atoms with Crippen molar-refractivity contribution in [1.29, 1.82) is 0 Å². The molecule has 0 radical (unpaired) electrons. The fraction of sp³-hybridized carbons (Fsp3) is 0.571. The lowest BCUT2D eigenvalue weighted by Crippen LogP contribution is -2.50. The van der Waals surface area contributed by atoms with Gasteiger partial charge in [-0.2, -0.15) is 0 Å². The molecule has 6 heteroatoms. The molecule has 2 N–H and O–H groups in total. The number of benzene rings is 1. The van der Waals surface area contributed by atoms with Crippen molar-refractivity contribution < 1.29 is 8.42 Å². The smallest absolute Gasteiger partial charge is 0.209 e. The van der Waals surface area contributed by atoms with Crippen molar-refractivity contribution in [2.45, 2.75) is 38.3 Å². The van der Waals surface area contributed by atoms with Crippen LogP contribution in [0.25, 0.3) is 0 Å². The number of aryl methyl sites for hydroxylation is 1. The molecule has 1 aromatic rings. The molecule has 0 bridgehead atoms. The van der Waals surface area contributed by atoms with E-state index in [1.54, 1.807) is 0 Å². The molecule has 1 aliphatic carbocycles. The zero-order valence-corrected chi connectivity index (χ0v) is 14.4. The molecule has 2 rings (SSSR count). The van der Waals surface area contributed by atoms with Crippen LogP contribution in [0.1, 0.15) is 37.4 Å². The Balaban J connectivity index is 2.00. The lowest BCUT2D eigenvalue weighted by Gasteiger charge is -2.27. The first-order chi connectivity index (χ1) is 9.16. The molecule has 1 atom stereocenters. The Morgan fingerprint density at radius 3 is 2.75 bits per heavy atom. The van der Waals surface area contributed by atoms with Crippen molar-refractivity contribution in [1.82, 2.24) is 10.0 Å². The van der Waals surface area contributed by atoms with Gasteiger partial charge in [-0.1, -0.05) is 22.0 Å². The molecule has 0 aliphatic heterocycles. The van der Waals surface area contributed by atoms with Crippen LogP contribution in [0.2, 0.25) is 0 Å². The minimum absolute atomic E-state index is 0.304. The SMILES string of the molecule is CC(C)(CNC1CCc2cc(Br)ccc21)NS(C)(=O)=O. The van der Waals surface area contributed by atoms with Crippen molar-refractivity contribution in [2.75, 3.05) is 12.8 Å². The van der Waals surface area contributed by atoms with E-state index in [-0.39, 0.29) is 0 Å². The Morgan fingerprint density at radius 2 is 2.10 bits per heavy atom. The standard InChI is InChI=1S/C14H21BrN2O2S/c1-14(2,17-20(3,18)19)9-16-13-7-4-10-8-11(15)5-6-12(10)13/h5-6,8,13,16-17H,4,7,9H2,1-3H3. The van der Waals surface area contributed by atoms with Gasteiger partial charge in [-0.15, -0.1) is 0 Å². The second-order valence-electron chi connectivity index (χ2n) is 6.07. The third-order valence-corrected chi connectivity index (χ3v) is 4.85. The fourth-order valence-electron chi connectivity index (χ4n) is 2.71. The molecule has 0 saturated carbocycles. The summed E-state index contributed by atoms with van der Waals surface area (Å²) in [6.07, 6.45) is 3.31. The summed E-state index contributed by atoms with van der Waals surface area (Å²) in [5.41, 5.74) is 2.19. The quantitative estimate of drug-likeness (QED) is 0.847. The lowest BCUT2D eigenvalue weighted by molar-refractivity contribution is 0.389. The second kappa shape index (κ2) is 5.75. The van der Waals surface area contributed by atoms with Gasteiger partial charge in [0, 0.05) is 22.6 Å². The van der Waals surface area contributed by atoms with Crippen molar-refractivity contribution in [2.24, 2.45) is 0 Å². The maximum Gasteiger partial charge on any atom is 0.209 e. The predicted molar refractivity (Wildman–Crippen MR) is 85.3 cm³/mol. The maximum absolute atomic E-state index is 11.3. The number of rotatable bonds is 5. The molecule has 0 saturated heterocycles. The molecule has 4 nitrogen and oxygen atoms in total. The van der Waals surface area contributed by atoms with Gasteiger partial charge in [-0.05, 0) is 49.9 Å². The summed E-state index contributed by atoms with van der Waals surface area (Å²) in [4.78, 5) is 0. The van der Waals surface area contributed by atoms with Gasteiger partial charge >= 0.3 is 0 Å². The molecule has 1 aliphatic rings. The zero-order valence-electron chi connectivity index (χ0n) is 12.0. The first kappa shape index (κ1) is 15.9. The van der Waals surface area contributed by atoms with E-state index in [9.17, 15) is 8.42 Å². The lowest BCUT2D eigenvalue weighted by atomic mass is 10.0.